The van der Waals surface area contributed by atoms with Gasteiger partial charge in [0.25, 0.3) is 0 Å². The van der Waals surface area contributed by atoms with E-state index in [0.29, 0.717) is 6.04 Å². The Morgan fingerprint density at radius 3 is 2.16 bits per heavy atom. The van der Waals surface area contributed by atoms with Crippen molar-refractivity contribution in [2.45, 2.75) is 83.5 Å². The third-order valence-electron chi connectivity index (χ3n) is 7.11. The van der Waals surface area contributed by atoms with Crippen molar-refractivity contribution < 1.29 is 4.74 Å². The van der Waals surface area contributed by atoms with Crippen LogP contribution in [0.5, 0.6) is 0 Å². The number of likely N-dealkylation sites (tertiary alicyclic amines) is 1. The zero-order valence-corrected chi connectivity index (χ0v) is 16.9. The summed E-state index contributed by atoms with van der Waals surface area (Å²) >= 11 is 0. The van der Waals surface area contributed by atoms with Crippen molar-refractivity contribution >= 4 is 0 Å². The van der Waals surface area contributed by atoms with Crippen LogP contribution < -0.4 is 0 Å². The van der Waals surface area contributed by atoms with Gasteiger partial charge in [0.05, 0.1) is 0 Å². The van der Waals surface area contributed by atoms with Crippen LogP contribution in [0.2, 0.25) is 0 Å². The Balaban J connectivity index is 1.56. The van der Waals surface area contributed by atoms with Crippen molar-refractivity contribution in [3.05, 3.63) is 35.4 Å². The maximum absolute atomic E-state index is 6.53. The number of hydrogen-bond acceptors (Lipinski definition) is 2. The first-order valence-corrected chi connectivity index (χ1v) is 10.2. The molecule has 0 N–H and O–H groups in total. The number of hydrogen-bond donors (Lipinski definition) is 0. The summed E-state index contributed by atoms with van der Waals surface area (Å²) in [7, 11) is 0. The van der Waals surface area contributed by atoms with Gasteiger partial charge in [0.15, 0.2) is 0 Å². The van der Waals surface area contributed by atoms with E-state index in [-0.39, 0.29) is 16.6 Å². The quantitative estimate of drug-likeness (QED) is 0.695. The summed E-state index contributed by atoms with van der Waals surface area (Å²) in [6.07, 6.45) is 3.82. The molecule has 2 aliphatic heterocycles. The van der Waals surface area contributed by atoms with Crippen LogP contribution in [0.3, 0.4) is 0 Å². The lowest BCUT2D eigenvalue weighted by molar-refractivity contribution is 0.0464. The highest BCUT2D eigenvalue weighted by atomic mass is 16.6. The second kappa shape index (κ2) is 5.57. The number of nitrogens with zero attached hydrogens (tertiary/aromatic N) is 1. The molecule has 0 spiro atoms. The predicted octanol–water partition coefficient (Wildman–Crippen LogP) is 5.11. The minimum absolute atomic E-state index is 0.00697. The van der Waals surface area contributed by atoms with E-state index in [4.69, 9.17) is 4.74 Å². The molecular weight excluding hydrogens is 306 g/mol. The first-order chi connectivity index (χ1) is 11.7. The van der Waals surface area contributed by atoms with Gasteiger partial charge < -0.3 is 4.74 Å². The predicted molar refractivity (Wildman–Crippen MR) is 104 cm³/mol. The number of rotatable bonds is 2. The van der Waals surface area contributed by atoms with Crippen molar-refractivity contribution in [2.75, 3.05) is 13.1 Å². The molecule has 25 heavy (non-hydrogen) atoms. The van der Waals surface area contributed by atoms with Crippen LogP contribution in [0, 0.1) is 11.8 Å². The topological polar surface area (TPSA) is 15.8 Å². The zero-order valence-electron chi connectivity index (χ0n) is 16.9. The highest BCUT2D eigenvalue weighted by Crippen LogP contribution is 2.67. The molecule has 0 aromatic heterocycles. The van der Waals surface area contributed by atoms with E-state index in [2.05, 4.69) is 70.7 Å². The molecule has 0 amide bonds. The minimum atomic E-state index is -0.0298. The lowest BCUT2D eigenvalue weighted by Crippen LogP contribution is -2.49. The number of fused-ring (bicyclic) bond motifs is 1. The van der Waals surface area contributed by atoms with Gasteiger partial charge in [0.2, 0.25) is 0 Å². The molecule has 1 aromatic rings. The molecule has 138 valence electrons. The summed E-state index contributed by atoms with van der Waals surface area (Å²) in [4.78, 5) is 2.75. The average molecular weight is 342 g/mol. The van der Waals surface area contributed by atoms with Gasteiger partial charge >= 0.3 is 0 Å². The molecular formula is C23H35NO. The summed E-state index contributed by atoms with van der Waals surface area (Å²) < 4.78 is 6.53. The molecule has 1 saturated carbocycles. The number of epoxide rings is 1. The van der Waals surface area contributed by atoms with Crippen molar-refractivity contribution in [3.63, 3.8) is 0 Å². The van der Waals surface area contributed by atoms with Crippen molar-refractivity contribution in [1.82, 2.24) is 4.90 Å². The van der Waals surface area contributed by atoms with E-state index in [1.54, 1.807) is 0 Å². The molecule has 2 nitrogen and oxygen atoms in total. The van der Waals surface area contributed by atoms with Gasteiger partial charge in [-0.15, -0.1) is 0 Å². The number of ether oxygens (including phenoxy) is 1. The van der Waals surface area contributed by atoms with Gasteiger partial charge in [-0.05, 0) is 54.6 Å². The van der Waals surface area contributed by atoms with Crippen molar-refractivity contribution in [2.24, 2.45) is 11.8 Å². The minimum Gasteiger partial charge on any atom is -0.356 e. The fourth-order valence-corrected chi connectivity index (χ4v) is 5.81. The van der Waals surface area contributed by atoms with Crippen LogP contribution in [0.1, 0.15) is 71.9 Å². The Morgan fingerprint density at radius 1 is 1.04 bits per heavy atom. The molecule has 5 atom stereocenters. The Bertz CT molecular complexity index is 631. The fraction of sp³-hybridized carbons (Fsp3) is 0.739. The standard InChI is InChI=1S/C23H35NO/c1-16-13-17(2)15-24(14-16)20-11-12-23(22(20,6)25-23)19-9-7-18(8-10-19)21(3,4)5/h7-10,16-17,20H,11-15H2,1-6H3/t16?,17?,20?,22-,23-/m0/s1. The SMILES string of the molecule is CC1CC(C)CN(C2CC[C@@]3(c4ccc(C(C)(C)C)cc4)O[C@@]23C)C1. The lowest BCUT2D eigenvalue weighted by Gasteiger charge is -2.40. The number of benzene rings is 1. The summed E-state index contributed by atoms with van der Waals surface area (Å²) in [5.74, 6) is 1.62. The van der Waals surface area contributed by atoms with Gasteiger partial charge in [0, 0.05) is 19.1 Å². The third-order valence-corrected chi connectivity index (χ3v) is 7.11. The fourth-order valence-electron chi connectivity index (χ4n) is 5.81. The van der Waals surface area contributed by atoms with Gasteiger partial charge in [0.1, 0.15) is 11.2 Å². The Morgan fingerprint density at radius 2 is 1.64 bits per heavy atom. The van der Waals surface area contributed by atoms with Crippen LogP contribution in [0.25, 0.3) is 0 Å². The van der Waals surface area contributed by atoms with Crippen LogP contribution in [0.4, 0.5) is 0 Å². The van der Waals surface area contributed by atoms with Crippen LogP contribution in [-0.2, 0) is 15.8 Å². The maximum Gasteiger partial charge on any atom is 0.124 e. The Kier molecular flexibility index (Phi) is 3.91. The first-order valence-electron chi connectivity index (χ1n) is 10.2. The van der Waals surface area contributed by atoms with E-state index < -0.39 is 0 Å². The molecule has 0 radical (unpaired) electrons. The van der Waals surface area contributed by atoms with E-state index in [0.717, 1.165) is 11.8 Å². The summed E-state index contributed by atoms with van der Waals surface area (Å²) in [6, 6.07) is 9.86. The molecule has 1 aliphatic carbocycles. The molecule has 3 aliphatic rings. The van der Waals surface area contributed by atoms with E-state index in [9.17, 15) is 0 Å². The lowest BCUT2D eigenvalue weighted by atomic mass is 9.83. The van der Waals surface area contributed by atoms with Crippen LogP contribution in [0.15, 0.2) is 24.3 Å². The maximum atomic E-state index is 6.53. The summed E-state index contributed by atoms with van der Waals surface area (Å²) in [6.45, 7) is 16.5. The van der Waals surface area contributed by atoms with Crippen LogP contribution >= 0.6 is 0 Å². The zero-order chi connectivity index (χ0) is 18.0. The molecule has 2 saturated heterocycles. The molecule has 0 bridgehead atoms. The van der Waals surface area contributed by atoms with E-state index >= 15 is 0 Å². The highest BCUT2D eigenvalue weighted by Gasteiger charge is 2.75. The first kappa shape index (κ1) is 17.5. The Hall–Kier alpha value is -0.860. The second-order valence-corrected chi connectivity index (χ2v) is 10.3. The summed E-state index contributed by atoms with van der Waals surface area (Å²) in [5.41, 5.74) is 2.99. The smallest absolute Gasteiger partial charge is 0.124 e. The molecule has 1 aromatic carbocycles. The third kappa shape index (κ3) is 2.68. The van der Waals surface area contributed by atoms with E-state index in [1.165, 1.54) is 43.5 Å². The molecule has 4 rings (SSSR count). The monoisotopic (exact) mass is 341 g/mol. The molecule has 3 unspecified atom stereocenters. The van der Waals surface area contributed by atoms with Crippen molar-refractivity contribution in [3.8, 4) is 0 Å². The van der Waals surface area contributed by atoms with Gasteiger partial charge in [-0.2, -0.15) is 0 Å². The van der Waals surface area contributed by atoms with E-state index in [1.807, 2.05) is 0 Å². The Labute approximate surface area is 153 Å². The van der Waals surface area contributed by atoms with Gasteiger partial charge in [-0.25, -0.2) is 0 Å². The van der Waals surface area contributed by atoms with Crippen LogP contribution in [-0.4, -0.2) is 29.6 Å². The normalized spacial score (nSPS) is 41.6. The molecule has 2 heterocycles. The van der Waals surface area contributed by atoms with Gasteiger partial charge in [-0.3, -0.25) is 4.90 Å². The van der Waals surface area contributed by atoms with Crippen molar-refractivity contribution in [1.29, 1.82) is 0 Å². The second-order valence-electron chi connectivity index (χ2n) is 10.3. The average Bonchev–Trinajstić information content (AvgIpc) is 3.02. The molecule has 2 heteroatoms. The highest BCUT2D eigenvalue weighted by molar-refractivity contribution is 5.40. The van der Waals surface area contributed by atoms with Gasteiger partial charge in [-0.1, -0.05) is 58.9 Å². The molecule has 3 fully saturated rings. The summed E-state index contributed by atoms with van der Waals surface area (Å²) in [5, 5.41) is 0. The largest absolute Gasteiger partial charge is 0.356 e. The number of piperidine rings is 1.